The summed E-state index contributed by atoms with van der Waals surface area (Å²) in [6, 6.07) is 8.33. The minimum atomic E-state index is 1.22. The lowest BCUT2D eigenvalue weighted by Crippen LogP contribution is -1.73. The molecule has 0 aliphatic carbocycles. The van der Waals surface area contributed by atoms with Gasteiger partial charge in [0.2, 0.25) is 16.2 Å². The Morgan fingerprint density at radius 1 is 1.22 bits per heavy atom. The third kappa shape index (κ3) is 1.61. The lowest BCUT2D eigenvalue weighted by Gasteiger charge is -1.83. The highest BCUT2D eigenvalue weighted by molar-refractivity contribution is 7.76. The first kappa shape index (κ1) is 6.43. The van der Waals surface area contributed by atoms with E-state index in [9.17, 15) is 0 Å². The topological polar surface area (TPSA) is 0 Å². The summed E-state index contributed by atoms with van der Waals surface area (Å²) in [6.07, 6.45) is 0. The van der Waals surface area contributed by atoms with Crippen molar-refractivity contribution in [1.82, 2.24) is 0 Å². The first-order valence-electron chi connectivity index (χ1n) is 2.81. The average Bonchev–Trinajstić information content (AvgIpc) is 1.90. The molecular weight excluding hydrogens is 128 g/mol. The van der Waals surface area contributed by atoms with E-state index < -0.39 is 0 Å². The Morgan fingerprint density at radius 2 is 1.78 bits per heavy atom. The molecule has 0 unspecified atom stereocenters. The van der Waals surface area contributed by atoms with Crippen LogP contribution >= 0.6 is 0 Å². The summed E-state index contributed by atoms with van der Waals surface area (Å²) in [5.74, 6) is 3.70. The zero-order valence-electron chi connectivity index (χ0n) is 5.42. The van der Waals surface area contributed by atoms with Gasteiger partial charge in [0.15, 0.2) is 5.87 Å². The third-order valence-corrected chi connectivity index (χ3v) is 1.79. The maximum absolute atomic E-state index is 3.70. The van der Waals surface area contributed by atoms with Crippen molar-refractivity contribution in [1.29, 1.82) is 0 Å². The molecule has 46 valence electrons. The molecule has 0 N–H and O–H groups in total. The molecule has 0 saturated heterocycles. The van der Waals surface area contributed by atoms with E-state index in [1.807, 2.05) is 0 Å². The zero-order chi connectivity index (χ0) is 6.69. The van der Waals surface area contributed by atoms with Crippen LogP contribution in [-0.2, 0) is 11.4 Å². The van der Waals surface area contributed by atoms with Crippen LogP contribution in [0.15, 0.2) is 29.2 Å². The second-order valence-corrected chi connectivity index (χ2v) is 2.72. The van der Waals surface area contributed by atoms with Gasteiger partial charge in [-0.25, -0.2) is 0 Å². The molecule has 0 amide bonds. The van der Waals surface area contributed by atoms with Crippen LogP contribution in [0.25, 0.3) is 0 Å². The van der Waals surface area contributed by atoms with Crippen LogP contribution in [0.5, 0.6) is 0 Å². The lowest BCUT2D eigenvalue weighted by molar-refractivity contribution is 1.38. The second-order valence-electron chi connectivity index (χ2n) is 1.96. The van der Waals surface area contributed by atoms with Crippen molar-refractivity contribution in [2.24, 2.45) is 0 Å². The number of rotatable bonds is 1. The maximum atomic E-state index is 3.70. The predicted molar refractivity (Wildman–Crippen MR) is 43.9 cm³/mol. The Kier molecular flexibility index (Phi) is 1.96. The van der Waals surface area contributed by atoms with Gasteiger partial charge in [0.05, 0.1) is 0 Å². The fraction of sp³-hybridized carbons (Fsp3) is 0.125. The Hall–Kier alpha value is -0.690. The molecule has 1 heteroatoms. The third-order valence-electron chi connectivity index (χ3n) is 1.19. The first-order valence-corrected chi connectivity index (χ1v) is 3.80. The highest BCUT2D eigenvalue weighted by Crippen LogP contribution is 2.01. The Labute approximate surface area is 59.5 Å². The molecule has 0 atom stereocenters. The molecule has 0 spiro atoms. The number of aryl methyl sites for hydroxylation is 1. The lowest BCUT2D eigenvalue weighted by atomic mass is 10.2. The van der Waals surface area contributed by atoms with E-state index in [1.165, 1.54) is 21.8 Å². The summed E-state index contributed by atoms with van der Waals surface area (Å²) < 4.78 is 0. The predicted octanol–water partition coefficient (Wildman–Crippen LogP) is 1.87. The molecule has 0 fully saturated rings. The van der Waals surface area contributed by atoms with Gasteiger partial charge in [-0.2, -0.15) is 0 Å². The van der Waals surface area contributed by atoms with Gasteiger partial charge < -0.3 is 0 Å². The molecule has 0 aliphatic heterocycles. The fourth-order valence-corrected chi connectivity index (χ4v) is 0.963. The van der Waals surface area contributed by atoms with E-state index in [2.05, 4.69) is 37.1 Å². The minimum absolute atomic E-state index is 1.22. The van der Waals surface area contributed by atoms with E-state index in [-0.39, 0.29) is 0 Å². The van der Waals surface area contributed by atoms with Gasteiger partial charge in [0, 0.05) is 12.1 Å². The van der Waals surface area contributed by atoms with Crippen LogP contribution in [0.2, 0.25) is 0 Å². The SMILES string of the molecule is C=[S+]c1ccc(C)cc1. The van der Waals surface area contributed by atoms with Crippen molar-refractivity contribution in [3.63, 3.8) is 0 Å². The van der Waals surface area contributed by atoms with Gasteiger partial charge in [-0.05, 0) is 6.92 Å². The minimum Gasteiger partial charge on any atom is -0.0537 e. The molecular formula is C8H9S+. The van der Waals surface area contributed by atoms with Crippen LogP contribution in [0.4, 0.5) is 0 Å². The van der Waals surface area contributed by atoms with Crippen LogP contribution in [0.1, 0.15) is 5.56 Å². The Balaban J connectivity index is 3.01. The van der Waals surface area contributed by atoms with Crippen molar-refractivity contribution < 1.29 is 0 Å². The van der Waals surface area contributed by atoms with Crippen molar-refractivity contribution in [3.8, 4) is 0 Å². The van der Waals surface area contributed by atoms with Gasteiger partial charge in [-0.1, -0.05) is 17.7 Å². The van der Waals surface area contributed by atoms with Crippen LogP contribution in [0.3, 0.4) is 0 Å². The summed E-state index contributed by atoms with van der Waals surface area (Å²) in [6.45, 7) is 2.08. The van der Waals surface area contributed by atoms with Crippen molar-refractivity contribution >= 4 is 17.2 Å². The van der Waals surface area contributed by atoms with Crippen molar-refractivity contribution in [3.05, 3.63) is 29.8 Å². The standard InChI is InChI=1S/C8H9S/c1-7-3-5-8(9-2)6-4-7/h3-6H,2H2,1H3/q+1. The first-order chi connectivity index (χ1) is 4.33. The molecule has 0 saturated carbocycles. The molecule has 0 radical (unpaired) electrons. The molecule has 0 bridgehead atoms. The smallest absolute Gasteiger partial charge is 0.0537 e. The molecule has 0 heterocycles. The Morgan fingerprint density at radius 3 is 2.22 bits per heavy atom. The normalized spacial score (nSPS) is 9.00. The van der Waals surface area contributed by atoms with Crippen molar-refractivity contribution in [2.75, 3.05) is 0 Å². The van der Waals surface area contributed by atoms with Gasteiger partial charge in [0.25, 0.3) is 0 Å². The van der Waals surface area contributed by atoms with Gasteiger partial charge >= 0.3 is 0 Å². The van der Waals surface area contributed by atoms with Crippen LogP contribution < -0.4 is 0 Å². The fourth-order valence-electron chi connectivity index (χ4n) is 0.634. The van der Waals surface area contributed by atoms with E-state index in [0.29, 0.717) is 0 Å². The molecule has 0 nitrogen and oxygen atoms in total. The molecule has 0 aliphatic rings. The van der Waals surface area contributed by atoms with E-state index in [0.717, 1.165) is 0 Å². The van der Waals surface area contributed by atoms with Crippen LogP contribution in [0, 0.1) is 6.92 Å². The molecule has 9 heavy (non-hydrogen) atoms. The highest BCUT2D eigenvalue weighted by atomic mass is 32.1. The van der Waals surface area contributed by atoms with Crippen LogP contribution in [-0.4, -0.2) is 5.87 Å². The van der Waals surface area contributed by atoms with Crippen molar-refractivity contribution in [2.45, 2.75) is 11.8 Å². The largest absolute Gasteiger partial charge is 0.230 e. The highest BCUT2D eigenvalue weighted by Gasteiger charge is 1.94. The summed E-state index contributed by atoms with van der Waals surface area (Å²) >= 11 is 1.53. The number of benzene rings is 1. The molecule has 1 aromatic carbocycles. The number of hydrogen-bond acceptors (Lipinski definition) is 0. The maximum Gasteiger partial charge on any atom is 0.230 e. The molecule has 1 rings (SSSR count). The monoisotopic (exact) mass is 137 g/mol. The summed E-state index contributed by atoms with van der Waals surface area (Å²) in [4.78, 5) is 1.22. The van der Waals surface area contributed by atoms with Gasteiger partial charge in [0.1, 0.15) is 0 Å². The van der Waals surface area contributed by atoms with Gasteiger partial charge in [-0.15, -0.1) is 0 Å². The quantitative estimate of drug-likeness (QED) is 0.409. The summed E-state index contributed by atoms with van der Waals surface area (Å²) in [5, 5.41) is 0. The number of hydrogen-bond donors (Lipinski definition) is 0. The summed E-state index contributed by atoms with van der Waals surface area (Å²) in [5.41, 5.74) is 1.30. The van der Waals surface area contributed by atoms with Gasteiger partial charge in [-0.3, -0.25) is 0 Å². The zero-order valence-corrected chi connectivity index (χ0v) is 6.24. The second kappa shape index (κ2) is 2.74. The van der Waals surface area contributed by atoms with E-state index >= 15 is 0 Å². The van der Waals surface area contributed by atoms with E-state index in [1.54, 1.807) is 0 Å². The molecule has 0 aromatic heterocycles. The Bertz CT molecular complexity index is 198. The van der Waals surface area contributed by atoms with E-state index in [4.69, 9.17) is 0 Å². The molecule has 1 aromatic rings. The summed E-state index contributed by atoms with van der Waals surface area (Å²) in [7, 11) is 0. The average molecular weight is 137 g/mol.